The van der Waals surface area contributed by atoms with Crippen molar-refractivity contribution in [1.29, 1.82) is 0 Å². The minimum absolute atomic E-state index is 0.337. The zero-order valence-corrected chi connectivity index (χ0v) is 11.0. The van der Waals surface area contributed by atoms with Gasteiger partial charge in [0.2, 0.25) is 0 Å². The molecule has 0 unspecified atom stereocenters. The van der Waals surface area contributed by atoms with Crippen molar-refractivity contribution >= 4 is 28.6 Å². The van der Waals surface area contributed by atoms with Crippen LogP contribution >= 0.6 is 11.3 Å². The lowest BCUT2D eigenvalue weighted by atomic mass is 10.2. The second-order valence-electron chi connectivity index (χ2n) is 3.75. The van der Waals surface area contributed by atoms with Gasteiger partial charge < -0.3 is 5.32 Å². The zero-order valence-electron chi connectivity index (χ0n) is 10.2. The number of benzene rings is 1. The lowest BCUT2D eigenvalue weighted by Gasteiger charge is -2.00. The van der Waals surface area contributed by atoms with Crippen LogP contribution in [0.1, 0.15) is 11.3 Å². The molecular weight excluding hydrogens is 265 g/mol. The zero-order chi connectivity index (χ0) is 13.7. The molecule has 0 fully saturated rings. The topological polar surface area (TPSA) is 54.0 Å². The van der Waals surface area contributed by atoms with E-state index in [0.717, 1.165) is 5.69 Å². The van der Waals surface area contributed by atoms with E-state index in [-0.39, 0.29) is 5.82 Å². The van der Waals surface area contributed by atoms with Crippen molar-refractivity contribution < 1.29 is 9.18 Å². The maximum Gasteiger partial charge on any atom is 0.325 e. The van der Waals surface area contributed by atoms with E-state index < -0.39 is 6.03 Å². The molecular formula is C13H12FN3OS. The van der Waals surface area contributed by atoms with Gasteiger partial charge in [-0.15, -0.1) is 11.3 Å². The largest absolute Gasteiger partial charge is 0.325 e. The average molecular weight is 277 g/mol. The maximum atomic E-state index is 13.3. The average Bonchev–Trinajstić information content (AvgIpc) is 2.77. The Hall–Kier alpha value is -2.21. The SMILES string of the molecule is Cc1csc(NC(=O)N/C=C/c2ccccc2F)n1. The standard InChI is InChI=1S/C13H12FN3OS/c1-9-8-19-13(16-9)17-12(18)15-7-6-10-4-2-3-5-11(10)14/h2-8H,1H3,(H2,15,16,17,18)/b7-6+. The summed E-state index contributed by atoms with van der Waals surface area (Å²) in [5, 5.41) is 7.42. The summed E-state index contributed by atoms with van der Waals surface area (Å²) in [6.07, 6.45) is 2.87. The minimum Gasteiger partial charge on any atom is -0.314 e. The Bertz CT molecular complexity index is 609. The van der Waals surface area contributed by atoms with Crippen molar-refractivity contribution in [2.75, 3.05) is 5.32 Å². The lowest BCUT2D eigenvalue weighted by molar-refractivity contribution is 0.255. The number of aromatic nitrogens is 1. The van der Waals surface area contributed by atoms with E-state index in [0.29, 0.717) is 10.7 Å². The number of aryl methyl sites for hydroxylation is 1. The summed E-state index contributed by atoms with van der Waals surface area (Å²) in [4.78, 5) is 15.6. The Balaban J connectivity index is 1.88. The molecule has 1 heterocycles. The van der Waals surface area contributed by atoms with Gasteiger partial charge in [-0.1, -0.05) is 18.2 Å². The number of nitrogens with zero attached hydrogens (tertiary/aromatic N) is 1. The first-order valence-electron chi connectivity index (χ1n) is 5.56. The molecule has 4 nitrogen and oxygen atoms in total. The molecule has 0 aliphatic rings. The van der Waals surface area contributed by atoms with E-state index in [1.807, 2.05) is 12.3 Å². The van der Waals surface area contributed by atoms with Crippen molar-refractivity contribution in [3.05, 3.63) is 52.9 Å². The molecule has 2 N–H and O–H groups in total. The van der Waals surface area contributed by atoms with Crippen molar-refractivity contribution in [1.82, 2.24) is 10.3 Å². The predicted molar refractivity (Wildman–Crippen MR) is 74.4 cm³/mol. The Labute approximate surface area is 114 Å². The van der Waals surface area contributed by atoms with Crippen LogP contribution < -0.4 is 10.6 Å². The predicted octanol–water partition coefficient (Wildman–Crippen LogP) is 3.38. The summed E-state index contributed by atoms with van der Waals surface area (Å²) in [5.74, 6) is -0.337. The van der Waals surface area contributed by atoms with Gasteiger partial charge in [0.1, 0.15) is 5.82 Å². The highest BCUT2D eigenvalue weighted by Gasteiger charge is 2.02. The quantitative estimate of drug-likeness (QED) is 0.903. The van der Waals surface area contributed by atoms with Crippen LogP contribution in [-0.2, 0) is 0 Å². The van der Waals surface area contributed by atoms with Crippen LogP contribution in [0.3, 0.4) is 0 Å². The molecule has 0 saturated heterocycles. The molecule has 1 aromatic heterocycles. The fourth-order valence-corrected chi connectivity index (χ4v) is 2.05. The molecule has 0 aliphatic heterocycles. The van der Waals surface area contributed by atoms with Gasteiger partial charge in [-0.3, -0.25) is 5.32 Å². The second-order valence-corrected chi connectivity index (χ2v) is 4.61. The Morgan fingerprint density at radius 1 is 1.42 bits per heavy atom. The molecule has 1 aromatic carbocycles. The fourth-order valence-electron chi connectivity index (χ4n) is 1.36. The van der Waals surface area contributed by atoms with Gasteiger partial charge in [-0.2, -0.15) is 0 Å². The minimum atomic E-state index is -0.415. The normalized spacial score (nSPS) is 10.6. The van der Waals surface area contributed by atoms with Crippen molar-refractivity contribution in [3.63, 3.8) is 0 Å². The van der Waals surface area contributed by atoms with Crippen LogP contribution in [-0.4, -0.2) is 11.0 Å². The lowest BCUT2D eigenvalue weighted by Crippen LogP contribution is -2.23. The van der Waals surface area contributed by atoms with E-state index in [1.165, 1.54) is 29.7 Å². The maximum absolute atomic E-state index is 13.3. The molecule has 0 saturated carbocycles. The summed E-state index contributed by atoms with van der Waals surface area (Å²) in [5.41, 5.74) is 1.26. The van der Waals surface area contributed by atoms with E-state index in [2.05, 4.69) is 15.6 Å². The first-order chi connectivity index (χ1) is 9.15. The number of nitrogens with one attached hydrogen (secondary N) is 2. The number of hydrogen-bond donors (Lipinski definition) is 2. The number of hydrogen-bond acceptors (Lipinski definition) is 3. The van der Waals surface area contributed by atoms with Crippen molar-refractivity contribution in [2.45, 2.75) is 6.92 Å². The van der Waals surface area contributed by atoms with Crippen molar-refractivity contribution in [2.24, 2.45) is 0 Å². The van der Waals surface area contributed by atoms with Crippen molar-refractivity contribution in [3.8, 4) is 0 Å². The first kappa shape index (κ1) is 13.2. The number of urea groups is 1. The third kappa shape index (κ3) is 3.89. The highest BCUT2D eigenvalue weighted by atomic mass is 32.1. The monoisotopic (exact) mass is 277 g/mol. The number of anilines is 1. The second kappa shape index (κ2) is 6.10. The molecule has 98 valence electrons. The highest BCUT2D eigenvalue weighted by molar-refractivity contribution is 7.13. The van der Waals surface area contributed by atoms with Gasteiger partial charge in [0.15, 0.2) is 5.13 Å². The number of rotatable bonds is 3. The molecule has 6 heteroatoms. The summed E-state index contributed by atoms with van der Waals surface area (Å²) in [6.45, 7) is 1.84. The smallest absolute Gasteiger partial charge is 0.314 e. The molecule has 0 aliphatic carbocycles. The number of amides is 2. The van der Waals surface area contributed by atoms with Crippen LogP contribution in [0.15, 0.2) is 35.8 Å². The van der Waals surface area contributed by atoms with E-state index in [9.17, 15) is 9.18 Å². The van der Waals surface area contributed by atoms with Gasteiger partial charge in [0, 0.05) is 17.1 Å². The van der Waals surface area contributed by atoms with Gasteiger partial charge in [-0.25, -0.2) is 14.2 Å². The Morgan fingerprint density at radius 3 is 2.89 bits per heavy atom. The number of carbonyl (C=O) groups excluding carboxylic acids is 1. The third-order valence-corrected chi connectivity index (χ3v) is 3.10. The molecule has 0 atom stereocenters. The molecule has 2 amide bonds. The number of thiazole rings is 1. The van der Waals surface area contributed by atoms with Gasteiger partial charge in [0.05, 0.1) is 5.69 Å². The van der Waals surface area contributed by atoms with Gasteiger partial charge >= 0.3 is 6.03 Å². The van der Waals surface area contributed by atoms with Gasteiger partial charge in [-0.05, 0) is 19.1 Å². The van der Waals surface area contributed by atoms with Crippen LogP contribution in [0.4, 0.5) is 14.3 Å². The van der Waals surface area contributed by atoms with E-state index in [4.69, 9.17) is 0 Å². The Kier molecular flexibility index (Phi) is 4.25. The number of carbonyl (C=O) groups is 1. The molecule has 19 heavy (non-hydrogen) atoms. The summed E-state index contributed by atoms with van der Waals surface area (Å²) in [6, 6.07) is 5.90. The third-order valence-electron chi connectivity index (χ3n) is 2.22. The fraction of sp³-hybridized carbons (Fsp3) is 0.0769. The first-order valence-corrected chi connectivity index (χ1v) is 6.44. The summed E-state index contributed by atoms with van der Waals surface area (Å²) >= 11 is 1.34. The summed E-state index contributed by atoms with van der Waals surface area (Å²) < 4.78 is 13.3. The van der Waals surface area contributed by atoms with Crippen LogP contribution in [0.5, 0.6) is 0 Å². The molecule has 2 aromatic rings. The molecule has 0 radical (unpaired) electrons. The van der Waals surface area contributed by atoms with Crippen LogP contribution in [0, 0.1) is 12.7 Å². The van der Waals surface area contributed by atoms with Crippen LogP contribution in [0.2, 0.25) is 0 Å². The molecule has 0 bridgehead atoms. The van der Waals surface area contributed by atoms with Crippen LogP contribution in [0.25, 0.3) is 6.08 Å². The highest BCUT2D eigenvalue weighted by Crippen LogP contribution is 2.13. The van der Waals surface area contributed by atoms with E-state index in [1.54, 1.807) is 18.2 Å². The van der Waals surface area contributed by atoms with Gasteiger partial charge in [0.25, 0.3) is 0 Å². The Morgan fingerprint density at radius 2 is 2.21 bits per heavy atom. The molecule has 0 spiro atoms. The number of halogens is 1. The van der Waals surface area contributed by atoms with E-state index >= 15 is 0 Å². The molecule has 2 rings (SSSR count). The summed E-state index contributed by atoms with van der Waals surface area (Å²) in [7, 11) is 0.